The Labute approximate surface area is 162 Å². The lowest BCUT2D eigenvalue weighted by Gasteiger charge is -2.21. The molecule has 0 fully saturated rings. The minimum Gasteiger partial charge on any atom is -0.368 e. The highest BCUT2D eigenvalue weighted by Gasteiger charge is 2.25. The molecule has 0 spiro atoms. The molecule has 6 heteroatoms. The van der Waals surface area contributed by atoms with Gasteiger partial charge in [0.25, 0.3) is 5.56 Å². The molecule has 0 radical (unpaired) electrons. The van der Waals surface area contributed by atoms with Crippen molar-refractivity contribution in [2.24, 2.45) is 5.73 Å². The Kier molecular flexibility index (Phi) is 5.46. The first kappa shape index (κ1) is 19.3. The lowest BCUT2D eigenvalue weighted by atomic mass is 10.0. The third-order valence-electron chi connectivity index (χ3n) is 4.88. The van der Waals surface area contributed by atoms with Gasteiger partial charge >= 0.3 is 0 Å². The Morgan fingerprint density at radius 3 is 2.41 bits per heavy atom. The Bertz CT molecular complexity index is 1030. The monoisotopic (exact) mass is 383 g/mol. The average Bonchev–Trinajstić information content (AvgIpc) is 3.08. The first-order valence-corrected chi connectivity index (χ1v) is 10.2. The fourth-order valence-corrected chi connectivity index (χ4v) is 4.32. The average molecular weight is 384 g/mol. The van der Waals surface area contributed by atoms with Gasteiger partial charge in [-0.25, -0.2) is 4.98 Å². The van der Waals surface area contributed by atoms with Crippen LogP contribution in [-0.4, -0.2) is 15.5 Å². The van der Waals surface area contributed by atoms with E-state index in [0.717, 1.165) is 17.5 Å². The maximum atomic E-state index is 13.5. The molecule has 1 unspecified atom stereocenters. The Morgan fingerprint density at radius 1 is 1.22 bits per heavy atom. The number of carbonyl (C=O) groups excluding carboxylic acids is 1. The molecular weight excluding hydrogens is 358 g/mol. The van der Waals surface area contributed by atoms with Crippen molar-refractivity contribution in [1.82, 2.24) is 9.55 Å². The van der Waals surface area contributed by atoms with Crippen LogP contribution in [0.15, 0.2) is 34.4 Å². The fourth-order valence-electron chi connectivity index (χ4n) is 3.37. The highest BCUT2D eigenvalue weighted by atomic mass is 32.1. The molecule has 1 aromatic carbocycles. The summed E-state index contributed by atoms with van der Waals surface area (Å²) in [7, 11) is 0. The number of rotatable bonds is 6. The summed E-state index contributed by atoms with van der Waals surface area (Å²) in [6.07, 6.45) is 1.42. The van der Waals surface area contributed by atoms with Crippen LogP contribution < -0.4 is 11.3 Å². The number of amides is 1. The molecule has 0 aliphatic carbocycles. The minimum absolute atomic E-state index is 0.00453. The van der Waals surface area contributed by atoms with Gasteiger partial charge in [0.15, 0.2) is 0 Å². The van der Waals surface area contributed by atoms with E-state index in [2.05, 4.69) is 19.1 Å². The third-order valence-corrected chi connectivity index (χ3v) is 5.76. The zero-order valence-corrected chi connectivity index (χ0v) is 17.0. The van der Waals surface area contributed by atoms with Gasteiger partial charge in [-0.15, -0.1) is 11.3 Å². The second-order valence-electron chi connectivity index (χ2n) is 7.01. The number of benzene rings is 1. The lowest BCUT2D eigenvalue weighted by Crippen LogP contribution is -2.36. The first-order valence-electron chi connectivity index (χ1n) is 9.31. The van der Waals surface area contributed by atoms with E-state index in [1.165, 1.54) is 21.5 Å². The zero-order valence-electron chi connectivity index (χ0n) is 16.2. The van der Waals surface area contributed by atoms with Gasteiger partial charge in [-0.3, -0.25) is 14.2 Å². The standard InChI is InChI=1S/C21H25N3O2S/c1-5-13-7-9-14(10-8-13)15-11-27-20-17(15)21(26)24(16(6-2)18(22)25)19(23-20)12(3)4/h7-12,16H,5-6H2,1-4H3,(H2,22,25). The summed E-state index contributed by atoms with van der Waals surface area (Å²) in [5.74, 6) is 0.101. The van der Waals surface area contributed by atoms with Gasteiger partial charge in [0.05, 0.1) is 5.39 Å². The number of fused-ring (bicyclic) bond motifs is 1. The summed E-state index contributed by atoms with van der Waals surface area (Å²) in [5, 5.41) is 2.54. The Balaban J connectivity index is 2.31. The van der Waals surface area contributed by atoms with Gasteiger partial charge in [0.1, 0.15) is 16.7 Å². The van der Waals surface area contributed by atoms with Crippen LogP contribution in [0.5, 0.6) is 0 Å². The van der Waals surface area contributed by atoms with Gasteiger partial charge in [0.2, 0.25) is 5.91 Å². The molecule has 142 valence electrons. The molecule has 0 aliphatic rings. The van der Waals surface area contributed by atoms with E-state index in [9.17, 15) is 9.59 Å². The van der Waals surface area contributed by atoms with Crippen molar-refractivity contribution in [2.75, 3.05) is 0 Å². The van der Waals surface area contributed by atoms with E-state index in [0.29, 0.717) is 22.5 Å². The number of carbonyl (C=O) groups is 1. The fraction of sp³-hybridized carbons (Fsp3) is 0.381. The molecule has 1 amide bonds. The van der Waals surface area contributed by atoms with Crippen molar-refractivity contribution in [1.29, 1.82) is 0 Å². The maximum absolute atomic E-state index is 13.5. The van der Waals surface area contributed by atoms with E-state index < -0.39 is 11.9 Å². The highest BCUT2D eigenvalue weighted by molar-refractivity contribution is 7.17. The molecule has 5 nitrogen and oxygen atoms in total. The summed E-state index contributed by atoms with van der Waals surface area (Å²) in [4.78, 5) is 30.9. The molecule has 27 heavy (non-hydrogen) atoms. The number of thiophene rings is 1. The van der Waals surface area contributed by atoms with Crippen LogP contribution in [0, 0.1) is 0 Å². The van der Waals surface area contributed by atoms with Crippen LogP contribution >= 0.6 is 11.3 Å². The lowest BCUT2D eigenvalue weighted by molar-refractivity contribution is -0.121. The molecule has 3 aromatic rings. The number of aromatic nitrogens is 2. The van der Waals surface area contributed by atoms with E-state index in [1.807, 2.05) is 38.3 Å². The van der Waals surface area contributed by atoms with Crippen molar-refractivity contribution in [3.8, 4) is 11.1 Å². The highest BCUT2D eigenvalue weighted by Crippen LogP contribution is 2.32. The number of hydrogen-bond donors (Lipinski definition) is 1. The minimum atomic E-state index is -0.693. The predicted molar refractivity (Wildman–Crippen MR) is 111 cm³/mol. The Hall–Kier alpha value is -2.47. The smallest absolute Gasteiger partial charge is 0.263 e. The molecular formula is C21H25N3O2S. The molecule has 2 heterocycles. The summed E-state index contributed by atoms with van der Waals surface area (Å²) in [6, 6.07) is 7.52. The normalized spacial score (nSPS) is 12.6. The molecule has 2 aromatic heterocycles. The van der Waals surface area contributed by atoms with Crippen LogP contribution in [0.4, 0.5) is 0 Å². The number of aryl methyl sites for hydroxylation is 1. The van der Waals surface area contributed by atoms with Crippen molar-refractivity contribution < 1.29 is 4.79 Å². The van der Waals surface area contributed by atoms with Gasteiger partial charge in [-0.2, -0.15) is 0 Å². The molecule has 0 saturated carbocycles. The van der Waals surface area contributed by atoms with E-state index in [-0.39, 0.29) is 11.5 Å². The Morgan fingerprint density at radius 2 is 1.89 bits per heavy atom. The molecule has 1 atom stereocenters. The maximum Gasteiger partial charge on any atom is 0.263 e. The summed E-state index contributed by atoms with van der Waals surface area (Å²) in [5.41, 5.74) is 8.49. The van der Waals surface area contributed by atoms with E-state index >= 15 is 0 Å². The van der Waals surface area contributed by atoms with Crippen LogP contribution in [-0.2, 0) is 11.2 Å². The number of hydrogen-bond acceptors (Lipinski definition) is 4. The first-order chi connectivity index (χ1) is 12.9. The molecule has 2 N–H and O–H groups in total. The van der Waals surface area contributed by atoms with Crippen LogP contribution in [0.1, 0.15) is 57.5 Å². The third kappa shape index (κ3) is 3.41. The largest absolute Gasteiger partial charge is 0.368 e. The summed E-state index contributed by atoms with van der Waals surface area (Å²) >= 11 is 1.46. The van der Waals surface area contributed by atoms with Crippen LogP contribution in [0.2, 0.25) is 0 Å². The van der Waals surface area contributed by atoms with Crippen molar-refractivity contribution in [3.63, 3.8) is 0 Å². The quantitative estimate of drug-likeness (QED) is 0.691. The van der Waals surface area contributed by atoms with Crippen LogP contribution in [0.25, 0.3) is 21.3 Å². The SMILES string of the molecule is CCc1ccc(-c2csc3nc(C(C)C)n(C(CC)C(N)=O)c(=O)c23)cc1. The molecule has 3 rings (SSSR count). The van der Waals surface area contributed by atoms with Crippen molar-refractivity contribution in [2.45, 2.75) is 52.5 Å². The topological polar surface area (TPSA) is 78.0 Å². The van der Waals surface area contributed by atoms with Gasteiger partial charge < -0.3 is 5.73 Å². The van der Waals surface area contributed by atoms with Gasteiger partial charge in [0, 0.05) is 16.9 Å². The second-order valence-corrected chi connectivity index (χ2v) is 7.86. The van der Waals surface area contributed by atoms with E-state index in [1.54, 1.807) is 0 Å². The van der Waals surface area contributed by atoms with Gasteiger partial charge in [-0.1, -0.05) is 52.0 Å². The van der Waals surface area contributed by atoms with Gasteiger partial charge in [-0.05, 0) is 24.0 Å². The zero-order chi connectivity index (χ0) is 19.7. The van der Waals surface area contributed by atoms with E-state index in [4.69, 9.17) is 10.7 Å². The summed E-state index contributed by atoms with van der Waals surface area (Å²) in [6.45, 7) is 7.90. The molecule has 0 aliphatic heterocycles. The predicted octanol–water partition coefficient (Wildman–Crippen LogP) is 4.25. The molecule has 0 saturated heterocycles. The van der Waals surface area contributed by atoms with Crippen LogP contribution in [0.3, 0.4) is 0 Å². The van der Waals surface area contributed by atoms with Crippen molar-refractivity contribution >= 4 is 27.5 Å². The van der Waals surface area contributed by atoms with Crippen molar-refractivity contribution in [3.05, 3.63) is 51.4 Å². The second kappa shape index (κ2) is 7.64. The number of nitrogens with zero attached hydrogens (tertiary/aromatic N) is 2. The number of primary amides is 1. The summed E-state index contributed by atoms with van der Waals surface area (Å²) < 4.78 is 1.51. The number of nitrogens with two attached hydrogens (primary N) is 1. The molecule has 0 bridgehead atoms.